The normalized spacial score (nSPS) is 33.3. The van der Waals surface area contributed by atoms with Crippen LogP contribution in [0.15, 0.2) is 12.3 Å². The van der Waals surface area contributed by atoms with E-state index in [1.54, 1.807) is 20.8 Å². The highest BCUT2D eigenvalue weighted by atomic mass is 19.3. The maximum absolute atomic E-state index is 15.2. The molecule has 2 aliphatic carbocycles. The largest absolute Gasteiger partial charge is 0.471 e. The number of likely N-dealkylation sites (tertiary alicyclic amines) is 2. The van der Waals surface area contributed by atoms with E-state index in [4.69, 9.17) is 4.74 Å². The second-order valence-electron chi connectivity index (χ2n) is 13.9. The minimum atomic E-state index is -2.92. The van der Waals surface area contributed by atoms with Gasteiger partial charge < -0.3 is 29.9 Å². The van der Waals surface area contributed by atoms with Gasteiger partial charge in [0.25, 0.3) is 12.3 Å². The molecule has 2 bridgehead atoms. The smallest absolute Gasteiger partial charge is 0.408 e. The lowest BCUT2D eigenvalue weighted by atomic mass is 9.77. The summed E-state index contributed by atoms with van der Waals surface area (Å²) in [5.41, 5.74) is -2.72. The number of alkyl carbamates (subject to hydrolysis) is 1. The third-order valence-electron chi connectivity index (χ3n) is 10.0. The zero-order valence-corrected chi connectivity index (χ0v) is 25.3. The van der Waals surface area contributed by atoms with E-state index in [-0.39, 0.29) is 36.4 Å². The molecule has 16 heteroatoms. The third-order valence-corrected chi connectivity index (χ3v) is 10.0. The van der Waals surface area contributed by atoms with Gasteiger partial charge in [0, 0.05) is 19.0 Å². The quantitative estimate of drug-likeness (QED) is 0.462. The molecule has 4 amide bonds. The summed E-state index contributed by atoms with van der Waals surface area (Å²) in [4.78, 5) is 60.8. The molecule has 12 nitrogen and oxygen atoms in total. The van der Waals surface area contributed by atoms with Crippen LogP contribution in [-0.4, -0.2) is 94.6 Å². The van der Waals surface area contributed by atoms with Crippen LogP contribution in [0.2, 0.25) is 0 Å². The fourth-order valence-corrected chi connectivity index (χ4v) is 8.06. The van der Waals surface area contributed by atoms with Crippen molar-refractivity contribution in [1.29, 1.82) is 5.26 Å². The van der Waals surface area contributed by atoms with Gasteiger partial charge in [-0.2, -0.15) is 5.26 Å². The highest BCUT2D eigenvalue weighted by Gasteiger charge is 2.65. The number of hydrogen-bond donors (Lipinski definition) is 2. The van der Waals surface area contributed by atoms with Crippen LogP contribution in [0, 0.1) is 46.2 Å². The molecule has 4 fully saturated rings. The molecule has 46 heavy (non-hydrogen) atoms. The van der Waals surface area contributed by atoms with Crippen LogP contribution in [0.25, 0.3) is 0 Å². The van der Waals surface area contributed by atoms with E-state index >= 15 is 4.39 Å². The molecule has 0 radical (unpaired) electrons. The number of halogens is 4. The molecule has 4 heterocycles. The first-order valence-electron chi connectivity index (χ1n) is 15.2. The zero-order valence-electron chi connectivity index (χ0n) is 25.3. The van der Waals surface area contributed by atoms with Crippen molar-refractivity contribution in [2.24, 2.45) is 29.1 Å². The van der Waals surface area contributed by atoms with Crippen LogP contribution in [0.3, 0.4) is 0 Å². The Balaban J connectivity index is 1.32. The molecular formula is C30H34F4N6O6. The number of alkyl halides is 3. The standard InChI is InChI=1S/C30H34F4N6O6/c1-29(2,3)23(37-28(44)45-11-20(33)34)26(42)39-10-17-13-4-16(18(32)5-13)21(17)22(39)25(41)40-12-30(7-15(40)8-35)27(43)38-24-19(46-30)6-14(31)9-36-24/h6,9,13,15-18,20-23H,4-5,7,10-12H2,1-3H3,(H,37,44)(H,36,38,43)/t13-,15-,16+,17?,18+,21-,22-,23+,30+/m0/s1. The molecule has 1 spiro atoms. The highest BCUT2D eigenvalue weighted by Crippen LogP contribution is 2.59. The van der Waals surface area contributed by atoms with Gasteiger partial charge in [-0.05, 0) is 41.9 Å². The van der Waals surface area contributed by atoms with E-state index in [0.717, 1.165) is 17.2 Å². The number of amides is 4. The second kappa shape index (κ2) is 11.3. The molecule has 1 aromatic rings. The summed E-state index contributed by atoms with van der Waals surface area (Å²) in [5.74, 6) is -4.30. The number of carbonyl (C=O) groups excluding carboxylic acids is 4. The predicted octanol–water partition coefficient (Wildman–Crippen LogP) is 2.64. The average molecular weight is 651 g/mol. The van der Waals surface area contributed by atoms with Gasteiger partial charge in [-0.15, -0.1) is 0 Å². The number of nitriles is 1. The summed E-state index contributed by atoms with van der Waals surface area (Å²) in [6.07, 6.45) is -3.88. The zero-order chi connectivity index (χ0) is 33.3. The number of nitrogens with one attached hydrogen (secondary N) is 2. The van der Waals surface area contributed by atoms with E-state index in [1.165, 1.54) is 4.90 Å². The van der Waals surface area contributed by atoms with Crippen molar-refractivity contribution in [3.63, 3.8) is 0 Å². The molecule has 9 atom stereocenters. The van der Waals surface area contributed by atoms with Gasteiger partial charge in [0.2, 0.25) is 17.4 Å². The molecule has 1 unspecified atom stereocenters. The van der Waals surface area contributed by atoms with Crippen LogP contribution >= 0.6 is 0 Å². The van der Waals surface area contributed by atoms with Crippen molar-refractivity contribution < 1.29 is 46.2 Å². The Morgan fingerprint density at radius 2 is 2.00 bits per heavy atom. The maximum Gasteiger partial charge on any atom is 0.408 e. The van der Waals surface area contributed by atoms with Crippen LogP contribution in [0.4, 0.5) is 28.2 Å². The first kappa shape index (κ1) is 31.8. The summed E-state index contributed by atoms with van der Waals surface area (Å²) in [6, 6.07) is -0.672. The van der Waals surface area contributed by atoms with E-state index in [0.29, 0.717) is 12.8 Å². The number of rotatable bonds is 5. The van der Waals surface area contributed by atoms with Gasteiger partial charge in [-0.1, -0.05) is 20.8 Å². The van der Waals surface area contributed by atoms with Gasteiger partial charge in [0.1, 0.15) is 30.1 Å². The van der Waals surface area contributed by atoms with Gasteiger partial charge in [0.05, 0.1) is 18.8 Å². The van der Waals surface area contributed by atoms with Gasteiger partial charge in [-0.25, -0.2) is 27.3 Å². The number of anilines is 1. The Kier molecular flexibility index (Phi) is 7.79. The molecule has 1 aromatic heterocycles. The highest BCUT2D eigenvalue weighted by molar-refractivity contribution is 6.01. The Bertz CT molecular complexity index is 1500. The fourth-order valence-electron chi connectivity index (χ4n) is 8.06. The molecular weight excluding hydrogens is 616 g/mol. The SMILES string of the molecule is CC(C)(C)[C@H](NC(=O)OCC(F)F)C(=O)N1CC2[C@H]3C[C@@H]([C@@H]2[C@H]1C(=O)N1C[C@@]2(C[C@H]1C#N)Oc1cc(F)cnc1NC2=O)[C@H](F)C3. The molecule has 2 saturated carbocycles. The number of fused-ring (bicyclic) bond motifs is 6. The first-order valence-corrected chi connectivity index (χ1v) is 15.2. The van der Waals surface area contributed by atoms with Crippen molar-refractivity contribution in [1.82, 2.24) is 20.1 Å². The fraction of sp³-hybridized carbons (Fsp3) is 0.667. The summed E-state index contributed by atoms with van der Waals surface area (Å²) < 4.78 is 65.0. The average Bonchev–Trinajstić information content (AvgIpc) is 3.74. The summed E-state index contributed by atoms with van der Waals surface area (Å²) in [6.45, 7) is 3.42. The topological polar surface area (TPSA) is 154 Å². The Morgan fingerprint density at radius 3 is 2.67 bits per heavy atom. The van der Waals surface area contributed by atoms with E-state index in [9.17, 15) is 37.6 Å². The van der Waals surface area contributed by atoms with E-state index < -0.39 is 96.4 Å². The van der Waals surface area contributed by atoms with Crippen LogP contribution in [0.5, 0.6) is 5.75 Å². The Labute approximate surface area is 261 Å². The first-order chi connectivity index (χ1) is 21.6. The van der Waals surface area contributed by atoms with E-state index in [1.807, 2.05) is 6.07 Å². The lowest BCUT2D eigenvalue weighted by Crippen LogP contribution is -2.60. The summed E-state index contributed by atoms with van der Waals surface area (Å²) in [7, 11) is 0. The monoisotopic (exact) mass is 650 g/mol. The van der Waals surface area contributed by atoms with Crippen molar-refractivity contribution in [2.75, 3.05) is 25.0 Å². The molecule has 248 valence electrons. The lowest BCUT2D eigenvalue weighted by molar-refractivity contribution is -0.149. The Hall–Kier alpha value is -4.16. The lowest BCUT2D eigenvalue weighted by Gasteiger charge is -2.38. The number of pyridine rings is 1. The van der Waals surface area contributed by atoms with Crippen LogP contribution in [0.1, 0.15) is 40.0 Å². The molecule has 5 aliphatic rings. The minimum Gasteiger partial charge on any atom is -0.471 e. The number of hydrogen-bond acceptors (Lipinski definition) is 8. The maximum atomic E-state index is 15.2. The third kappa shape index (κ3) is 5.27. The summed E-state index contributed by atoms with van der Waals surface area (Å²) >= 11 is 0. The van der Waals surface area contributed by atoms with Crippen molar-refractivity contribution in [3.05, 3.63) is 18.1 Å². The van der Waals surface area contributed by atoms with Crippen molar-refractivity contribution in [3.8, 4) is 11.8 Å². The number of aromatic nitrogens is 1. The Morgan fingerprint density at radius 1 is 1.26 bits per heavy atom. The van der Waals surface area contributed by atoms with E-state index in [2.05, 4.69) is 20.4 Å². The molecule has 6 rings (SSSR count). The number of nitrogens with zero attached hydrogens (tertiary/aromatic N) is 4. The molecule has 3 aliphatic heterocycles. The van der Waals surface area contributed by atoms with Gasteiger partial charge >= 0.3 is 6.09 Å². The van der Waals surface area contributed by atoms with Crippen LogP contribution in [-0.2, 0) is 19.1 Å². The minimum absolute atomic E-state index is 0.0190. The predicted molar refractivity (Wildman–Crippen MR) is 149 cm³/mol. The summed E-state index contributed by atoms with van der Waals surface area (Å²) in [5, 5.41) is 15.0. The number of carbonyl (C=O) groups is 4. The molecule has 2 N–H and O–H groups in total. The number of ether oxygens (including phenoxy) is 2. The van der Waals surface area contributed by atoms with Crippen LogP contribution < -0.4 is 15.4 Å². The van der Waals surface area contributed by atoms with Gasteiger partial charge in [-0.3, -0.25) is 14.4 Å². The molecule has 0 aromatic carbocycles. The van der Waals surface area contributed by atoms with Crippen molar-refractivity contribution in [2.45, 2.75) is 76.4 Å². The molecule has 2 saturated heterocycles. The second-order valence-corrected chi connectivity index (χ2v) is 13.9. The van der Waals surface area contributed by atoms with Crippen molar-refractivity contribution >= 4 is 29.6 Å². The van der Waals surface area contributed by atoms with Gasteiger partial charge in [0.15, 0.2) is 18.2 Å².